The topological polar surface area (TPSA) is 116 Å². The Balaban J connectivity index is 1.55. The molecule has 206 valence electrons. The van der Waals surface area contributed by atoms with E-state index in [1.807, 2.05) is 20.8 Å². The number of nitrogens with zero attached hydrogens (tertiary/aromatic N) is 2. The maximum Gasteiger partial charge on any atom is 0.292 e. The molecule has 9 heteroatoms. The van der Waals surface area contributed by atoms with Crippen LogP contribution in [-0.4, -0.2) is 77.0 Å². The van der Waals surface area contributed by atoms with Gasteiger partial charge in [-0.05, 0) is 41.4 Å². The van der Waals surface area contributed by atoms with Crippen LogP contribution in [0.15, 0.2) is 0 Å². The molecule has 0 aromatic rings. The lowest BCUT2D eigenvalue weighted by molar-refractivity contribution is -0.150. The molecule has 0 aromatic heterocycles. The number of likely N-dealkylation sites (tertiary alicyclic amines) is 2. The lowest BCUT2D eigenvalue weighted by Gasteiger charge is -2.38. The van der Waals surface area contributed by atoms with E-state index in [0.717, 1.165) is 19.3 Å². The van der Waals surface area contributed by atoms with Gasteiger partial charge in [-0.15, -0.1) is 0 Å². The molecule has 0 radical (unpaired) electrons. The maximum absolute atomic E-state index is 13.9. The van der Waals surface area contributed by atoms with Gasteiger partial charge in [0.25, 0.3) is 5.91 Å². The molecule has 2 unspecified atom stereocenters. The summed E-state index contributed by atoms with van der Waals surface area (Å²) in [4.78, 5) is 69.2. The largest absolute Gasteiger partial charge is 0.344 e. The van der Waals surface area contributed by atoms with Crippen LogP contribution in [-0.2, 0) is 24.0 Å². The molecule has 4 aliphatic rings. The van der Waals surface area contributed by atoms with Gasteiger partial charge in [0, 0.05) is 25.6 Å². The molecule has 37 heavy (non-hydrogen) atoms. The first-order valence-corrected chi connectivity index (χ1v) is 13.9. The first-order valence-electron chi connectivity index (χ1n) is 13.9. The molecule has 2 saturated heterocycles. The van der Waals surface area contributed by atoms with E-state index in [1.165, 1.54) is 4.90 Å². The summed E-state index contributed by atoms with van der Waals surface area (Å²) in [5.41, 5.74) is -0.653. The Bertz CT molecular complexity index is 976. The molecule has 2 aliphatic carbocycles. The van der Waals surface area contributed by atoms with Crippen molar-refractivity contribution in [2.45, 2.75) is 92.3 Å². The van der Waals surface area contributed by atoms with Crippen LogP contribution in [0.3, 0.4) is 0 Å². The van der Waals surface area contributed by atoms with Crippen LogP contribution >= 0.6 is 0 Å². The van der Waals surface area contributed by atoms with Gasteiger partial charge in [-0.2, -0.15) is 0 Å². The number of rotatable bonds is 9. The molecule has 0 spiro atoms. The van der Waals surface area contributed by atoms with Crippen LogP contribution in [0.2, 0.25) is 0 Å². The zero-order valence-electron chi connectivity index (χ0n) is 23.4. The van der Waals surface area contributed by atoms with Crippen molar-refractivity contribution < 1.29 is 24.0 Å². The van der Waals surface area contributed by atoms with Crippen molar-refractivity contribution >= 4 is 29.4 Å². The van der Waals surface area contributed by atoms with Crippen LogP contribution in [0.5, 0.6) is 0 Å². The average molecular weight is 517 g/mol. The summed E-state index contributed by atoms with van der Waals surface area (Å²) in [6.07, 6.45) is 3.33. The summed E-state index contributed by atoms with van der Waals surface area (Å²) in [5.74, 6) is -1.73. The van der Waals surface area contributed by atoms with Crippen molar-refractivity contribution in [3.63, 3.8) is 0 Å². The van der Waals surface area contributed by atoms with Crippen molar-refractivity contribution in [2.24, 2.45) is 34.5 Å². The fourth-order valence-corrected chi connectivity index (χ4v) is 5.94. The van der Waals surface area contributed by atoms with Gasteiger partial charge >= 0.3 is 0 Å². The first-order chi connectivity index (χ1) is 17.1. The number of ketones is 1. The molecular formula is C28H44N4O5. The SMILES string of the molecule is CC(C)C(=O)NC(C(=O)N1C[C@H]2[C@@H]([C@H]1C(=O)NC(CC1CC1)C(=O)C(=O)N1CCC1)C2(C)C)C(C)(C)C. The van der Waals surface area contributed by atoms with Crippen molar-refractivity contribution in [3.8, 4) is 0 Å². The second-order valence-electron chi connectivity index (χ2n) is 13.6. The van der Waals surface area contributed by atoms with Crippen LogP contribution in [0, 0.1) is 34.5 Å². The molecule has 0 bridgehead atoms. The minimum absolute atomic E-state index is 0.0272. The Kier molecular flexibility index (Phi) is 7.23. The minimum atomic E-state index is -0.870. The lowest BCUT2D eigenvalue weighted by Crippen LogP contribution is -2.61. The lowest BCUT2D eigenvalue weighted by atomic mass is 9.84. The van der Waals surface area contributed by atoms with Gasteiger partial charge in [0.15, 0.2) is 0 Å². The number of fused-ring (bicyclic) bond motifs is 1. The predicted octanol–water partition coefficient (Wildman–Crippen LogP) is 1.74. The highest BCUT2D eigenvalue weighted by Gasteiger charge is 2.70. The maximum atomic E-state index is 13.9. The Morgan fingerprint density at radius 2 is 1.62 bits per heavy atom. The van der Waals surface area contributed by atoms with E-state index in [-0.39, 0.29) is 40.9 Å². The van der Waals surface area contributed by atoms with Crippen molar-refractivity contribution in [1.29, 1.82) is 0 Å². The predicted molar refractivity (Wildman–Crippen MR) is 138 cm³/mol. The number of Topliss-reactive ketones (excluding diaryl/α,β-unsaturated/α-hetero) is 1. The van der Waals surface area contributed by atoms with E-state index >= 15 is 0 Å². The van der Waals surface area contributed by atoms with Crippen LogP contribution < -0.4 is 10.6 Å². The van der Waals surface area contributed by atoms with E-state index in [4.69, 9.17) is 0 Å². The molecule has 9 nitrogen and oxygen atoms in total. The summed E-state index contributed by atoms with van der Waals surface area (Å²) in [7, 11) is 0. The number of piperidine rings is 1. The molecule has 2 saturated carbocycles. The minimum Gasteiger partial charge on any atom is -0.344 e. The Morgan fingerprint density at radius 1 is 1.00 bits per heavy atom. The Morgan fingerprint density at radius 3 is 2.11 bits per heavy atom. The van der Waals surface area contributed by atoms with Crippen molar-refractivity contribution in [3.05, 3.63) is 0 Å². The number of nitrogens with one attached hydrogen (secondary N) is 2. The third-order valence-corrected chi connectivity index (χ3v) is 8.94. The molecule has 2 heterocycles. The number of hydrogen-bond acceptors (Lipinski definition) is 5. The van der Waals surface area contributed by atoms with Gasteiger partial charge in [0.05, 0.1) is 6.04 Å². The van der Waals surface area contributed by atoms with Crippen LogP contribution in [0.1, 0.15) is 74.1 Å². The summed E-state index contributed by atoms with van der Waals surface area (Å²) in [5, 5.41) is 5.82. The number of carbonyl (C=O) groups is 5. The normalized spacial score (nSPS) is 27.6. The Hall–Kier alpha value is -2.45. The van der Waals surface area contributed by atoms with Gasteiger partial charge in [-0.25, -0.2) is 0 Å². The summed E-state index contributed by atoms with van der Waals surface area (Å²) < 4.78 is 0. The molecule has 2 aliphatic heterocycles. The van der Waals surface area contributed by atoms with Crippen LogP contribution in [0.4, 0.5) is 0 Å². The quantitative estimate of drug-likeness (QED) is 0.453. The highest BCUT2D eigenvalue weighted by atomic mass is 16.2. The van der Waals surface area contributed by atoms with Gasteiger partial charge in [0.2, 0.25) is 23.5 Å². The summed E-state index contributed by atoms with van der Waals surface area (Å²) in [6, 6.07) is -2.39. The fourth-order valence-electron chi connectivity index (χ4n) is 5.94. The molecule has 5 atom stereocenters. The van der Waals surface area contributed by atoms with E-state index < -0.39 is 35.2 Å². The van der Waals surface area contributed by atoms with E-state index in [1.54, 1.807) is 18.7 Å². The molecular weight excluding hydrogens is 472 g/mol. The van der Waals surface area contributed by atoms with Gasteiger partial charge in [-0.1, -0.05) is 61.3 Å². The molecule has 2 N–H and O–H groups in total. The fraction of sp³-hybridized carbons (Fsp3) is 0.821. The zero-order chi connectivity index (χ0) is 27.4. The monoisotopic (exact) mass is 516 g/mol. The molecule has 4 rings (SSSR count). The standard InChI is InChI=1S/C28H44N4O5/c1-15(2)23(34)30-22(27(3,4)5)26(37)32-14-17-19(28(17,6)7)20(32)24(35)29-18(13-16-9-10-16)21(33)25(36)31-11-8-12-31/h15-20,22H,8-14H2,1-7H3,(H,29,35)(H,30,34)/t17-,18?,19-,20-,22?/m0/s1. The number of hydrogen-bond donors (Lipinski definition) is 2. The third-order valence-electron chi connectivity index (χ3n) is 8.94. The van der Waals surface area contributed by atoms with Crippen molar-refractivity contribution in [1.82, 2.24) is 20.4 Å². The highest BCUT2D eigenvalue weighted by molar-refractivity contribution is 6.38. The Labute approximate surface area is 220 Å². The van der Waals surface area contributed by atoms with Gasteiger partial charge < -0.3 is 20.4 Å². The average Bonchev–Trinajstić information content (AvgIpc) is 3.61. The second kappa shape index (κ2) is 9.70. The molecule has 0 aromatic carbocycles. The molecule has 4 fully saturated rings. The zero-order valence-corrected chi connectivity index (χ0v) is 23.4. The van der Waals surface area contributed by atoms with E-state index in [9.17, 15) is 24.0 Å². The summed E-state index contributed by atoms with van der Waals surface area (Å²) in [6.45, 7) is 15.1. The van der Waals surface area contributed by atoms with Crippen LogP contribution in [0.25, 0.3) is 0 Å². The third kappa shape index (κ3) is 5.41. The number of carbonyl (C=O) groups excluding carboxylic acids is 5. The van der Waals surface area contributed by atoms with Gasteiger partial charge in [0.1, 0.15) is 12.1 Å². The van der Waals surface area contributed by atoms with E-state index in [2.05, 4.69) is 24.5 Å². The van der Waals surface area contributed by atoms with E-state index in [0.29, 0.717) is 32.0 Å². The highest BCUT2D eigenvalue weighted by Crippen LogP contribution is 2.65. The first kappa shape index (κ1) is 27.6. The second-order valence-corrected chi connectivity index (χ2v) is 13.6. The number of amides is 4. The van der Waals surface area contributed by atoms with Crippen molar-refractivity contribution in [2.75, 3.05) is 19.6 Å². The van der Waals surface area contributed by atoms with Gasteiger partial charge in [-0.3, -0.25) is 24.0 Å². The summed E-state index contributed by atoms with van der Waals surface area (Å²) >= 11 is 0. The smallest absolute Gasteiger partial charge is 0.292 e. The molecule has 4 amide bonds.